The standard InChI is InChI=1S/C28H36N2O4/c1-3-33-27(31)20-13-14-23-21-15-16-29(24-11-8-12-25(26(21)24)30(23)17-20)18-22(28(32)34-4-2)19-9-6-5-7-10-19/h13-14,17-19,25H,3-12,15-16H2,1-2H3/b22-18-. The van der Waals surface area contributed by atoms with Crippen LogP contribution in [0.5, 0.6) is 0 Å². The van der Waals surface area contributed by atoms with Crippen LogP contribution in [0.2, 0.25) is 0 Å². The molecule has 6 heteroatoms. The third-order valence-electron chi connectivity index (χ3n) is 7.79. The molecule has 1 saturated carbocycles. The Hall–Kier alpha value is -2.76. The average molecular weight is 465 g/mol. The van der Waals surface area contributed by atoms with Crippen molar-refractivity contribution in [3.05, 3.63) is 58.2 Å². The highest BCUT2D eigenvalue weighted by molar-refractivity contribution is 5.92. The van der Waals surface area contributed by atoms with Crippen molar-refractivity contribution >= 4 is 11.9 Å². The lowest BCUT2D eigenvalue weighted by molar-refractivity contribution is -0.139. The maximum absolute atomic E-state index is 13.0. The molecule has 5 rings (SSSR count). The first kappa shape index (κ1) is 23.0. The second-order valence-corrected chi connectivity index (χ2v) is 9.76. The molecule has 0 N–H and O–H groups in total. The molecule has 0 bridgehead atoms. The number of hydrogen-bond donors (Lipinski definition) is 0. The minimum absolute atomic E-state index is 0.148. The highest BCUT2D eigenvalue weighted by Gasteiger charge is 2.42. The van der Waals surface area contributed by atoms with Crippen molar-refractivity contribution in [2.45, 2.75) is 77.7 Å². The Balaban J connectivity index is 1.49. The molecule has 6 nitrogen and oxygen atoms in total. The van der Waals surface area contributed by atoms with E-state index < -0.39 is 0 Å². The highest BCUT2D eigenvalue weighted by atomic mass is 16.5. The summed E-state index contributed by atoms with van der Waals surface area (Å²) < 4.78 is 10.7. The van der Waals surface area contributed by atoms with Crippen molar-refractivity contribution in [2.75, 3.05) is 19.8 Å². The predicted molar refractivity (Wildman–Crippen MR) is 130 cm³/mol. The summed E-state index contributed by atoms with van der Waals surface area (Å²) >= 11 is 0. The summed E-state index contributed by atoms with van der Waals surface area (Å²) in [5.74, 6) is -0.116. The molecule has 34 heavy (non-hydrogen) atoms. The van der Waals surface area contributed by atoms with Gasteiger partial charge < -0.3 is 19.3 Å². The van der Waals surface area contributed by atoms with Crippen molar-refractivity contribution < 1.29 is 19.1 Å². The zero-order valence-electron chi connectivity index (χ0n) is 20.5. The summed E-state index contributed by atoms with van der Waals surface area (Å²) in [6.07, 6.45) is 18.0. The maximum Gasteiger partial charge on any atom is 0.339 e. The van der Waals surface area contributed by atoms with Gasteiger partial charge in [-0.1, -0.05) is 19.3 Å². The molecule has 5 aliphatic rings. The lowest BCUT2D eigenvalue weighted by atomic mass is 9.82. The summed E-state index contributed by atoms with van der Waals surface area (Å²) in [6, 6.07) is 0.250. The smallest absolute Gasteiger partial charge is 0.339 e. The molecule has 3 heterocycles. The molecule has 1 atom stereocenters. The van der Waals surface area contributed by atoms with Crippen LogP contribution >= 0.6 is 0 Å². The highest BCUT2D eigenvalue weighted by Crippen LogP contribution is 2.49. The second-order valence-electron chi connectivity index (χ2n) is 9.76. The molecule has 0 saturated heterocycles. The topological polar surface area (TPSA) is 59.1 Å². The van der Waals surface area contributed by atoms with Crippen LogP contribution in [0, 0.1) is 5.92 Å². The zero-order chi connectivity index (χ0) is 23.7. The van der Waals surface area contributed by atoms with Crippen molar-refractivity contribution in [3.63, 3.8) is 0 Å². The van der Waals surface area contributed by atoms with Crippen molar-refractivity contribution in [1.82, 2.24) is 9.80 Å². The molecule has 1 unspecified atom stereocenters. The molecule has 2 aliphatic carbocycles. The number of fused-ring (bicyclic) bond motifs is 2. The van der Waals surface area contributed by atoms with Gasteiger partial charge in [-0.15, -0.1) is 0 Å². The number of esters is 2. The maximum atomic E-state index is 13.0. The van der Waals surface area contributed by atoms with Crippen LogP contribution in [-0.4, -0.2) is 47.5 Å². The number of rotatable bonds is 6. The summed E-state index contributed by atoms with van der Waals surface area (Å²) in [4.78, 5) is 30.0. The van der Waals surface area contributed by atoms with Gasteiger partial charge in [0.1, 0.15) is 0 Å². The van der Waals surface area contributed by atoms with E-state index in [9.17, 15) is 9.59 Å². The van der Waals surface area contributed by atoms with Gasteiger partial charge in [-0.05, 0) is 81.6 Å². The molecule has 1 fully saturated rings. The van der Waals surface area contributed by atoms with Crippen LogP contribution in [0.15, 0.2) is 58.2 Å². The first-order valence-corrected chi connectivity index (χ1v) is 13.1. The van der Waals surface area contributed by atoms with Gasteiger partial charge in [0.2, 0.25) is 0 Å². The van der Waals surface area contributed by atoms with E-state index in [0.717, 1.165) is 50.6 Å². The largest absolute Gasteiger partial charge is 0.463 e. The van der Waals surface area contributed by atoms with Crippen LogP contribution in [0.4, 0.5) is 0 Å². The predicted octanol–water partition coefficient (Wildman–Crippen LogP) is 5.11. The minimum atomic E-state index is -0.265. The molecule has 0 amide bonds. The molecule has 0 radical (unpaired) electrons. The van der Waals surface area contributed by atoms with E-state index in [2.05, 4.69) is 22.1 Å². The average Bonchev–Trinajstić information content (AvgIpc) is 3.19. The van der Waals surface area contributed by atoms with Crippen LogP contribution in [-0.2, 0) is 19.1 Å². The quantitative estimate of drug-likeness (QED) is 0.402. The Labute approximate surface area is 202 Å². The number of allylic oxidation sites excluding steroid dienone is 2. The summed E-state index contributed by atoms with van der Waals surface area (Å²) in [5, 5.41) is 0. The summed E-state index contributed by atoms with van der Waals surface area (Å²) in [5.41, 5.74) is 6.83. The molecule has 3 aliphatic heterocycles. The molecule has 0 aromatic carbocycles. The van der Waals surface area contributed by atoms with Crippen LogP contribution in [0.1, 0.15) is 71.6 Å². The third kappa shape index (κ3) is 4.12. The Bertz CT molecular complexity index is 1010. The Morgan fingerprint density at radius 1 is 1.00 bits per heavy atom. The number of carbonyl (C=O) groups excluding carboxylic acids is 2. The number of nitrogens with zero attached hydrogens (tertiary/aromatic N) is 2. The van der Waals surface area contributed by atoms with E-state index in [4.69, 9.17) is 9.47 Å². The van der Waals surface area contributed by atoms with E-state index in [0.29, 0.717) is 24.7 Å². The van der Waals surface area contributed by atoms with Gasteiger partial charge in [0.05, 0.1) is 30.4 Å². The summed E-state index contributed by atoms with van der Waals surface area (Å²) in [6.45, 7) is 5.37. The lowest BCUT2D eigenvalue weighted by Gasteiger charge is -2.38. The van der Waals surface area contributed by atoms with E-state index >= 15 is 0 Å². The molecule has 182 valence electrons. The van der Waals surface area contributed by atoms with Gasteiger partial charge in [-0.3, -0.25) is 0 Å². The number of hydrogen-bond acceptors (Lipinski definition) is 6. The van der Waals surface area contributed by atoms with Crippen molar-refractivity contribution in [3.8, 4) is 0 Å². The number of ether oxygens (including phenoxy) is 2. The third-order valence-corrected chi connectivity index (χ3v) is 7.79. The molecular weight excluding hydrogens is 428 g/mol. The van der Waals surface area contributed by atoms with Gasteiger partial charge >= 0.3 is 11.9 Å². The first-order valence-electron chi connectivity index (χ1n) is 13.1. The fourth-order valence-corrected chi connectivity index (χ4v) is 6.28. The first-order chi connectivity index (χ1) is 16.6. The molecule has 0 aromatic heterocycles. The van der Waals surface area contributed by atoms with Gasteiger partial charge in [-0.25, -0.2) is 9.59 Å². The molecular formula is C28H36N2O4. The molecule has 0 aromatic rings. The van der Waals surface area contributed by atoms with Crippen molar-refractivity contribution in [1.29, 1.82) is 0 Å². The zero-order valence-corrected chi connectivity index (χ0v) is 20.5. The van der Waals surface area contributed by atoms with Gasteiger partial charge in [0.15, 0.2) is 0 Å². The number of carbonyl (C=O) groups is 2. The normalized spacial score (nSPS) is 24.7. The van der Waals surface area contributed by atoms with Gasteiger partial charge in [0.25, 0.3) is 0 Å². The fourth-order valence-electron chi connectivity index (χ4n) is 6.28. The van der Waals surface area contributed by atoms with Gasteiger partial charge in [0, 0.05) is 30.3 Å². The van der Waals surface area contributed by atoms with E-state index in [-0.39, 0.29) is 18.0 Å². The second kappa shape index (κ2) is 9.85. The lowest BCUT2D eigenvalue weighted by Crippen LogP contribution is -2.35. The monoisotopic (exact) mass is 464 g/mol. The Morgan fingerprint density at radius 2 is 1.79 bits per heavy atom. The Morgan fingerprint density at radius 3 is 2.56 bits per heavy atom. The minimum Gasteiger partial charge on any atom is -0.463 e. The van der Waals surface area contributed by atoms with Crippen LogP contribution in [0.25, 0.3) is 0 Å². The summed E-state index contributed by atoms with van der Waals surface area (Å²) in [7, 11) is 0. The van der Waals surface area contributed by atoms with Crippen LogP contribution < -0.4 is 0 Å². The van der Waals surface area contributed by atoms with E-state index in [1.807, 2.05) is 26.1 Å². The molecule has 0 spiro atoms. The SMILES string of the molecule is CCOC(=O)C1=CN2C(=C3CCN(/C=C(\C(=O)OCC)C4CCCCC4)C4=C3C2CCC4)C=C1. The Kier molecular flexibility index (Phi) is 6.66. The van der Waals surface area contributed by atoms with E-state index in [1.165, 1.54) is 41.8 Å². The van der Waals surface area contributed by atoms with Crippen molar-refractivity contribution in [2.24, 2.45) is 5.92 Å². The van der Waals surface area contributed by atoms with Crippen LogP contribution in [0.3, 0.4) is 0 Å². The fraction of sp³-hybridized carbons (Fsp3) is 0.571. The van der Waals surface area contributed by atoms with Gasteiger partial charge in [-0.2, -0.15) is 0 Å². The van der Waals surface area contributed by atoms with E-state index in [1.54, 1.807) is 0 Å².